The summed E-state index contributed by atoms with van der Waals surface area (Å²) in [4.78, 5) is 7.73. The van der Waals surface area contributed by atoms with Crippen LogP contribution < -0.4 is 4.74 Å². The first-order valence-corrected chi connectivity index (χ1v) is 5.34. The van der Waals surface area contributed by atoms with Crippen LogP contribution in [0.4, 0.5) is 4.39 Å². The van der Waals surface area contributed by atoms with E-state index in [2.05, 4.69) is 25.9 Å². The molecule has 0 amide bonds. The van der Waals surface area contributed by atoms with Crippen molar-refractivity contribution in [2.24, 2.45) is 0 Å². The van der Waals surface area contributed by atoms with Crippen LogP contribution in [-0.4, -0.2) is 9.97 Å². The Morgan fingerprint density at radius 1 is 1.29 bits per heavy atom. The fourth-order valence-corrected chi connectivity index (χ4v) is 1.35. The average molecular weight is 294 g/mol. The molecule has 17 heavy (non-hydrogen) atoms. The van der Waals surface area contributed by atoms with Gasteiger partial charge in [-0.1, -0.05) is 6.07 Å². The molecule has 1 heterocycles. The highest BCUT2D eigenvalue weighted by Crippen LogP contribution is 2.24. The minimum Gasteiger partial charge on any atom is -0.423 e. The van der Waals surface area contributed by atoms with Crippen LogP contribution >= 0.6 is 15.9 Å². The number of benzene rings is 1. The molecule has 0 spiro atoms. The molecule has 0 atom stereocenters. The second kappa shape index (κ2) is 4.89. The summed E-state index contributed by atoms with van der Waals surface area (Å²) >= 11 is 3.18. The number of nitriles is 1. The van der Waals surface area contributed by atoms with Crippen LogP contribution in [0.2, 0.25) is 0 Å². The van der Waals surface area contributed by atoms with E-state index in [0.29, 0.717) is 4.47 Å². The van der Waals surface area contributed by atoms with E-state index in [0.717, 1.165) is 0 Å². The summed E-state index contributed by atoms with van der Waals surface area (Å²) in [5.74, 6) is -0.545. The summed E-state index contributed by atoms with van der Waals surface area (Å²) in [5.41, 5.74) is -0.168. The van der Waals surface area contributed by atoms with Gasteiger partial charge in [0.1, 0.15) is 17.4 Å². The van der Waals surface area contributed by atoms with Gasteiger partial charge < -0.3 is 4.74 Å². The SMILES string of the molecule is N#Cc1c(F)cccc1Oc1ncc(Br)cn1. The summed E-state index contributed by atoms with van der Waals surface area (Å²) < 4.78 is 19.2. The van der Waals surface area contributed by atoms with Gasteiger partial charge in [-0.15, -0.1) is 0 Å². The molecule has 4 nitrogen and oxygen atoms in total. The zero-order valence-corrected chi connectivity index (χ0v) is 9.98. The van der Waals surface area contributed by atoms with Crippen molar-refractivity contribution in [3.8, 4) is 17.8 Å². The van der Waals surface area contributed by atoms with Gasteiger partial charge in [-0.2, -0.15) is 5.26 Å². The maximum Gasteiger partial charge on any atom is 0.321 e. The molecule has 0 bridgehead atoms. The van der Waals surface area contributed by atoms with Gasteiger partial charge in [-0.05, 0) is 28.1 Å². The lowest BCUT2D eigenvalue weighted by Gasteiger charge is -2.05. The van der Waals surface area contributed by atoms with E-state index in [4.69, 9.17) is 10.00 Å². The minimum atomic E-state index is -0.637. The van der Waals surface area contributed by atoms with Crippen LogP contribution in [0.3, 0.4) is 0 Å². The van der Waals surface area contributed by atoms with Crippen LogP contribution in [0, 0.1) is 17.1 Å². The molecule has 0 aliphatic rings. The summed E-state index contributed by atoms with van der Waals surface area (Å²) in [7, 11) is 0. The Bertz CT molecular complexity index is 580. The molecule has 1 aromatic carbocycles. The molecule has 2 rings (SSSR count). The normalized spacial score (nSPS) is 9.71. The smallest absolute Gasteiger partial charge is 0.321 e. The molecule has 2 aromatic rings. The van der Waals surface area contributed by atoms with Crippen molar-refractivity contribution < 1.29 is 9.13 Å². The van der Waals surface area contributed by atoms with Crippen LogP contribution in [0.5, 0.6) is 11.8 Å². The van der Waals surface area contributed by atoms with E-state index in [1.54, 1.807) is 6.07 Å². The second-order valence-corrected chi connectivity index (χ2v) is 3.93. The Labute approximate surface area is 105 Å². The number of rotatable bonds is 2. The van der Waals surface area contributed by atoms with Gasteiger partial charge in [0.05, 0.1) is 4.47 Å². The molecule has 0 aliphatic heterocycles. The van der Waals surface area contributed by atoms with Gasteiger partial charge >= 0.3 is 6.01 Å². The standard InChI is InChI=1S/C11H5BrFN3O/c12-7-5-15-11(16-6-7)17-10-3-1-2-9(13)8(10)4-14/h1-3,5-6H. The molecule has 0 saturated carbocycles. The van der Waals surface area contributed by atoms with Gasteiger partial charge in [-0.3, -0.25) is 0 Å². The summed E-state index contributed by atoms with van der Waals surface area (Å²) in [6.45, 7) is 0. The number of hydrogen-bond donors (Lipinski definition) is 0. The zero-order chi connectivity index (χ0) is 12.3. The predicted molar refractivity (Wildman–Crippen MR) is 60.9 cm³/mol. The lowest BCUT2D eigenvalue weighted by atomic mass is 10.2. The Morgan fingerprint density at radius 3 is 2.65 bits per heavy atom. The number of halogens is 2. The van der Waals surface area contributed by atoms with Crippen LogP contribution in [0.25, 0.3) is 0 Å². The van der Waals surface area contributed by atoms with Crippen molar-refractivity contribution in [2.45, 2.75) is 0 Å². The van der Waals surface area contributed by atoms with Crippen molar-refractivity contribution >= 4 is 15.9 Å². The Balaban J connectivity index is 2.34. The van der Waals surface area contributed by atoms with Gasteiger partial charge in [0.2, 0.25) is 0 Å². The number of hydrogen-bond acceptors (Lipinski definition) is 4. The minimum absolute atomic E-state index is 0.0512. The first kappa shape index (κ1) is 11.5. The van der Waals surface area contributed by atoms with Crippen molar-refractivity contribution in [2.75, 3.05) is 0 Å². The fraction of sp³-hybridized carbons (Fsp3) is 0. The van der Waals surface area contributed by atoms with E-state index in [1.165, 1.54) is 30.6 Å². The Kier molecular flexibility index (Phi) is 3.30. The predicted octanol–water partition coefficient (Wildman–Crippen LogP) is 3.04. The quantitative estimate of drug-likeness (QED) is 0.854. The first-order valence-electron chi connectivity index (χ1n) is 4.54. The molecule has 0 N–H and O–H groups in total. The number of nitrogens with zero attached hydrogens (tertiary/aromatic N) is 3. The topological polar surface area (TPSA) is 58.8 Å². The molecule has 6 heteroatoms. The highest BCUT2D eigenvalue weighted by molar-refractivity contribution is 9.10. The Morgan fingerprint density at radius 2 is 2.00 bits per heavy atom. The highest BCUT2D eigenvalue weighted by Gasteiger charge is 2.10. The maximum atomic E-state index is 13.3. The molecule has 0 saturated heterocycles. The van der Waals surface area contributed by atoms with E-state index < -0.39 is 5.82 Å². The van der Waals surface area contributed by atoms with E-state index in [-0.39, 0.29) is 17.3 Å². The molecule has 0 radical (unpaired) electrons. The average Bonchev–Trinajstić information content (AvgIpc) is 2.32. The van der Waals surface area contributed by atoms with Gasteiger partial charge in [0.15, 0.2) is 5.75 Å². The third-order valence-electron chi connectivity index (χ3n) is 1.89. The van der Waals surface area contributed by atoms with Crippen LogP contribution in [-0.2, 0) is 0 Å². The van der Waals surface area contributed by atoms with Gasteiger partial charge in [0, 0.05) is 12.4 Å². The molecule has 0 fully saturated rings. The van der Waals surface area contributed by atoms with Gasteiger partial charge in [-0.25, -0.2) is 14.4 Å². The van der Waals surface area contributed by atoms with E-state index in [9.17, 15) is 4.39 Å². The molecular formula is C11H5BrFN3O. The monoisotopic (exact) mass is 293 g/mol. The van der Waals surface area contributed by atoms with Crippen LogP contribution in [0.1, 0.15) is 5.56 Å². The summed E-state index contributed by atoms with van der Waals surface area (Å²) in [5, 5.41) is 8.80. The van der Waals surface area contributed by atoms with Crippen molar-refractivity contribution in [3.63, 3.8) is 0 Å². The molecule has 84 valence electrons. The molecular weight excluding hydrogens is 289 g/mol. The second-order valence-electron chi connectivity index (χ2n) is 3.01. The maximum absolute atomic E-state index is 13.3. The summed E-state index contributed by atoms with van der Waals surface area (Å²) in [6.07, 6.45) is 2.99. The third-order valence-corrected chi connectivity index (χ3v) is 2.29. The van der Waals surface area contributed by atoms with Crippen molar-refractivity contribution in [1.29, 1.82) is 5.26 Å². The van der Waals surface area contributed by atoms with Crippen LogP contribution in [0.15, 0.2) is 35.1 Å². The lowest BCUT2D eigenvalue weighted by Crippen LogP contribution is -1.95. The highest BCUT2D eigenvalue weighted by atomic mass is 79.9. The van der Waals surface area contributed by atoms with Crippen molar-refractivity contribution in [1.82, 2.24) is 9.97 Å². The Hall–Kier alpha value is -2.00. The third kappa shape index (κ3) is 2.57. The fourth-order valence-electron chi connectivity index (χ4n) is 1.15. The van der Waals surface area contributed by atoms with E-state index >= 15 is 0 Å². The largest absolute Gasteiger partial charge is 0.423 e. The molecule has 0 unspecified atom stereocenters. The van der Waals surface area contributed by atoms with Gasteiger partial charge in [0.25, 0.3) is 0 Å². The number of ether oxygens (including phenoxy) is 1. The zero-order valence-electron chi connectivity index (χ0n) is 8.39. The molecule has 0 aliphatic carbocycles. The molecule has 1 aromatic heterocycles. The number of aromatic nitrogens is 2. The summed E-state index contributed by atoms with van der Waals surface area (Å²) in [6, 6.07) is 5.90. The van der Waals surface area contributed by atoms with E-state index in [1.807, 2.05) is 0 Å². The van der Waals surface area contributed by atoms with Crippen molar-refractivity contribution in [3.05, 3.63) is 46.4 Å². The first-order chi connectivity index (χ1) is 8.20. The lowest BCUT2D eigenvalue weighted by molar-refractivity contribution is 0.435.